The number of anilines is 2. The fourth-order valence-electron chi connectivity index (χ4n) is 5.79. The molecule has 0 unspecified atom stereocenters. The van der Waals surface area contributed by atoms with Crippen molar-refractivity contribution in [3.8, 4) is 11.5 Å². The largest absolute Gasteiger partial charge is 0.472 e. The van der Waals surface area contributed by atoms with Crippen LogP contribution >= 0.6 is 25.3 Å². The molecule has 4 nitrogen and oxygen atoms in total. The lowest BCUT2D eigenvalue weighted by Gasteiger charge is -2.36. The fraction of sp³-hybridized carbons (Fsp3) is 0.273. The van der Waals surface area contributed by atoms with Gasteiger partial charge in [0.15, 0.2) is 13.5 Å². The summed E-state index contributed by atoms with van der Waals surface area (Å²) in [7, 11) is 0. The van der Waals surface area contributed by atoms with Gasteiger partial charge in [-0.25, -0.2) is 0 Å². The predicted molar refractivity (Wildman–Crippen MR) is 165 cm³/mol. The molecule has 0 N–H and O–H groups in total. The van der Waals surface area contributed by atoms with E-state index in [-0.39, 0.29) is 5.41 Å². The number of benzene rings is 4. The second-order valence-corrected chi connectivity index (χ2v) is 12.1. The predicted octanol–water partition coefficient (Wildman–Crippen LogP) is 7.92. The number of ether oxygens (including phenoxy) is 2. The molecular weight excluding hydrogens is 521 g/mol. The van der Waals surface area contributed by atoms with Crippen molar-refractivity contribution in [2.75, 3.05) is 23.3 Å². The van der Waals surface area contributed by atoms with Crippen LogP contribution in [0.25, 0.3) is 0 Å². The lowest BCUT2D eigenvalue weighted by atomic mass is 9.75. The molecule has 0 atom stereocenters. The van der Waals surface area contributed by atoms with Gasteiger partial charge in [-0.3, -0.25) is 0 Å². The molecule has 2 aliphatic heterocycles. The molecule has 200 valence electrons. The maximum Gasteiger partial charge on any atom is 0.161 e. The number of para-hydroxylation sites is 2. The molecule has 0 radical (unpaired) electrons. The minimum atomic E-state index is -0.215. The van der Waals surface area contributed by atoms with Crippen LogP contribution in [0.1, 0.15) is 47.2 Å². The van der Waals surface area contributed by atoms with Crippen molar-refractivity contribution in [2.24, 2.45) is 0 Å². The zero-order chi connectivity index (χ0) is 27.3. The average molecular weight is 555 g/mol. The molecule has 2 aliphatic rings. The van der Waals surface area contributed by atoms with Crippen LogP contribution in [0.15, 0.2) is 82.6 Å². The number of fused-ring (bicyclic) bond motifs is 2. The number of thiol groups is 2. The third-order valence-corrected chi connectivity index (χ3v) is 8.80. The summed E-state index contributed by atoms with van der Waals surface area (Å²) >= 11 is 9.36. The van der Waals surface area contributed by atoms with Crippen molar-refractivity contribution in [1.82, 2.24) is 0 Å². The summed E-state index contributed by atoms with van der Waals surface area (Å²) in [4.78, 5) is 6.41. The first-order chi connectivity index (χ1) is 18.7. The Kier molecular flexibility index (Phi) is 6.72. The Bertz CT molecular complexity index is 1450. The number of hydrogen-bond donors (Lipinski definition) is 2. The maximum atomic E-state index is 6.27. The lowest BCUT2D eigenvalue weighted by molar-refractivity contribution is 0.286. The highest BCUT2D eigenvalue weighted by atomic mass is 32.1. The molecule has 4 aromatic carbocycles. The monoisotopic (exact) mass is 554 g/mol. The second-order valence-electron chi connectivity index (χ2n) is 11.1. The number of hydrogen-bond acceptors (Lipinski definition) is 6. The summed E-state index contributed by atoms with van der Waals surface area (Å²) in [5.74, 6) is 2.00. The van der Waals surface area contributed by atoms with E-state index in [2.05, 4.69) is 99.2 Å². The summed E-state index contributed by atoms with van der Waals surface area (Å²) in [5.41, 5.74) is 9.26. The number of nitrogens with zero attached hydrogens (tertiary/aromatic N) is 2. The van der Waals surface area contributed by atoms with E-state index in [1.165, 1.54) is 33.4 Å². The van der Waals surface area contributed by atoms with E-state index in [1.807, 2.05) is 36.4 Å². The van der Waals surface area contributed by atoms with Gasteiger partial charge in [0.1, 0.15) is 11.5 Å². The van der Waals surface area contributed by atoms with Crippen molar-refractivity contribution in [1.29, 1.82) is 0 Å². The van der Waals surface area contributed by atoms with Crippen LogP contribution in [0.3, 0.4) is 0 Å². The van der Waals surface area contributed by atoms with Crippen LogP contribution in [0, 0.1) is 13.8 Å². The zero-order valence-corrected chi connectivity index (χ0v) is 24.7. The molecule has 6 heteroatoms. The molecule has 0 saturated heterocycles. The molecule has 0 aromatic heterocycles. The minimum Gasteiger partial charge on any atom is -0.472 e. The van der Waals surface area contributed by atoms with E-state index in [0.29, 0.717) is 13.5 Å². The molecule has 0 aliphatic carbocycles. The van der Waals surface area contributed by atoms with E-state index in [4.69, 9.17) is 9.47 Å². The SMILES string of the molecule is Cc1cc(C(C)(C)c2cc(C)c3c(c2)CN(c2ccccc2S)CO3)cc2c1OCN(c1ccccc1S)C2. The quantitative estimate of drug-likeness (QED) is 0.250. The fourth-order valence-corrected chi connectivity index (χ4v) is 6.39. The molecule has 0 spiro atoms. The molecule has 0 saturated carbocycles. The highest BCUT2D eigenvalue weighted by molar-refractivity contribution is 7.80. The van der Waals surface area contributed by atoms with Crippen LogP contribution in [0.4, 0.5) is 11.4 Å². The summed E-state index contributed by atoms with van der Waals surface area (Å²) in [6.07, 6.45) is 0. The first kappa shape index (κ1) is 26.0. The second kappa shape index (κ2) is 10.1. The van der Waals surface area contributed by atoms with Gasteiger partial charge in [-0.2, -0.15) is 0 Å². The van der Waals surface area contributed by atoms with Crippen molar-refractivity contribution in [3.05, 3.63) is 106 Å². The molecular formula is C33H34N2O2S2. The lowest BCUT2D eigenvalue weighted by Crippen LogP contribution is -2.33. The van der Waals surface area contributed by atoms with E-state index in [9.17, 15) is 0 Å². The molecule has 4 aromatic rings. The van der Waals surface area contributed by atoms with E-state index in [1.54, 1.807) is 0 Å². The van der Waals surface area contributed by atoms with E-state index < -0.39 is 0 Å². The van der Waals surface area contributed by atoms with Crippen LogP contribution in [-0.2, 0) is 18.5 Å². The van der Waals surface area contributed by atoms with Gasteiger partial charge in [0.25, 0.3) is 0 Å². The van der Waals surface area contributed by atoms with Gasteiger partial charge < -0.3 is 19.3 Å². The number of rotatable bonds is 4. The van der Waals surface area contributed by atoms with Crippen LogP contribution in [0.2, 0.25) is 0 Å². The van der Waals surface area contributed by atoms with Crippen molar-refractivity contribution in [3.63, 3.8) is 0 Å². The Morgan fingerprint density at radius 1 is 0.641 bits per heavy atom. The average Bonchev–Trinajstić information content (AvgIpc) is 2.93. The summed E-state index contributed by atoms with van der Waals surface area (Å²) < 4.78 is 12.5. The van der Waals surface area contributed by atoms with Gasteiger partial charge >= 0.3 is 0 Å². The van der Waals surface area contributed by atoms with Gasteiger partial charge in [0.05, 0.1) is 11.4 Å². The van der Waals surface area contributed by atoms with Crippen molar-refractivity contribution in [2.45, 2.75) is 56.0 Å². The van der Waals surface area contributed by atoms with Crippen LogP contribution in [0.5, 0.6) is 11.5 Å². The third kappa shape index (κ3) is 4.74. The smallest absolute Gasteiger partial charge is 0.161 e. The maximum absolute atomic E-state index is 6.27. The highest BCUT2D eigenvalue weighted by Crippen LogP contribution is 2.42. The topological polar surface area (TPSA) is 24.9 Å². The molecule has 6 rings (SSSR count). The minimum absolute atomic E-state index is 0.215. The third-order valence-electron chi connectivity index (χ3n) is 8.04. The van der Waals surface area contributed by atoms with Gasteiger partial charge in [0, 0.05) is 39.4 Å². The van der Waals surface area contributed by atoms with E-state index >= 15 is 0 Å². The highest BCUT2D eigenvalue weighted by Gasteiger charge is 2.30. The first-order valence-corrected chi connectivity index (χ1v) is 14.2. The van der Waals surface area contributed by atoms with Gasteiger partial charge in [-0.15, -0.1) is 25.3 Å². The zero-order valence-electron chi connectivity index (χ0n) is 22.9. The first-order valence-electron chi connectivity index (χ1n) is 13.3. The van der Waals surface area contributed by atoms with Gasteiger partial charge in [-0.05, 0) is 72.5 Å². The standard InChI is InChI=1S/C33H34N2O2S2/c1-21-13-25(15-23-17-34(19-36-31(21)23)27-9-5-7-11-29(27)38)33(3,4)26-14-22(2)32-24(16-26)18-35(20-37-32)28-10-6-8-12-30(28)39/h5-16,38-39H,17-20H2,1-4H3. The number of aryl methyl sites for hydroxylation is 2. The van der Waals surface area contributed by atoms with Crippen LogP contribution in [-0.4, -0.2) is 13.5 Å². The van der Waals surface area contributed by atoms with Gasteiger partial charge in [-0.1, -0.05) is 50.2 Å². The van der Waals surface area contributed by atoms with Crippen LogP contribution < -0.4 is 19.3 Å². The summed E-state index contributed by atoms with van der Waals surface area (Å²) in [5, 5.41) is 0. The summed E-state index contributed by atoms with van der Waals surface area (Å²) in [6, 6.07) is 25.6. The van der Waals surface area contributed by atoms with Crippen molar-refractivity contribution >= 4 is 36.6 Å². The Hall–Kier alpha value is -3.22. The molecule has 39 heavy (non-hydrogen) atoms. The molecule has 0 bridgehead atoms. The Labute approximate surface area is 242 Å². The normalized spacial score (nSPS) is 14.8. The molecule has 2 heterocycles. The Morgan fingerprint density at radius 2 is 1.05 bits per heavy atom. The Balaban J connectivity index is 1.34. The molecule has 0 amide bonds. The van der Waals surface area contributed by atoms with Crippen molar-refractivity contribution < 1.29 is 9.47 Å². The summed E-state index contributed by atoms with van der Waals surface area (Å²) in [6.45, 7) is 11.5. The van der Waals surface area contributed by atoms with E-state index in [0.717, 1.165) is 45.8 Å². The van der Waals surface area contributed by atoms with Gasteiger partial charge in [0.2, 0.25) is 0 Å². The molecule has 0 fully saturated rings. The Morgan fingerprint density at radius 3 is 1.46 bits per heavy atom.